The van der Waals surface area contributed by atoms with E-state index in [4.69, 9.17) is 0 Å². The van der Waals surface area contributed by atoms with Crippen molar-refractivity contribution in [2.24, 2.45) is 5.92 Å². The van der Waals surface area contributed by atoms with E-state index in [2.05, 4.69) is 9.88 Å². The fourth-order valence-electron chi connectivity index (χ4n) is 5.45. The van der Waals surface area contributed by atoms with Gasteiger partial charge in [0.1, 0.15) is 11.6 Å². The molecular formula is C21H21F2N3O2. The van der Waals surface area contributed by atoms with Gasteiger partial charge in [0.2, 0.25) is 5.56 Å². The van der Waals surface area contributed by atoms with E-state index >= 15 is 0 Å². The van der Waals surface area contributed by atoms with E-state index in [1.165, 1.54) is 30.5 Å². The Labute approximate surface area is 161 Å². The van der Waals surface area contributed by atoms with Crippen LogP contribution in [0.1, 0.15) is 34.7 Å². The highest BCUT2D eigenvalue weighted by Gasteiger charge is 2.54. The Hall–Kier alpha value is -2.54. The molecule has 7 heteroatoms. The third-order valence-corrected chi connectivity index (χ3v) is 6.60. The van der Waals surface area contributed by atoms with Gasteiger partial charge < -0.3 is 9.88 Å². The van der Waals surface area contributed by atoms with Gasteiger partial charge in [-0.05, 0) is 55.6 Å². The van der Waals surface area contributed by atoms with Gasteiger partial charge in [-0.3, -0.25) is 14.5 Å². The Balaban J connectivity index is 1.54. The van der Waals surface area contributed by atoms with Crippen molar-refractivity contribution in [2.75, 3.05) is 19.6 Å². The summed E-state index contributed by atoms with van der Waals surface area (Å²) in [6, 6.07) is 6.64. The highest BCUT2D eigenvalue weighted by molar-refractivity contribution is 5.94. The summed E-state index contributed by atoms with van der Waals surface area (Å²) >= 11 is 0. The molecule has 3 atom stereocenters. The Morgan fingerprint density at radius 1 is 1.04 bits per heavy atom. The van der Waals surface area contributed by atoms with Crippen molar-refractivity contribution in [1.29, 1.82) is 0 Å². The first-order chi connectivity index (χ1) is 13.5. The van der Waals surface area contributed by atoms with Crippen molar-refractivity contribution in [3.8, 4) is 0 Å². The molecule has 1 aromatic heterocycles. The number of hydrogen-bond acceptors (Lipinski definition) is 3. The van der Waals surface area contributed by atoms with Crippen LogP contribution in [0.4, 0.5) is 8.78 Å². The van der Waals surface area contributed by atoms with E-state index in [1.807, 2.05) is 4.90 Å². The lowest BCUT2D eigenvalue weighted by molar-refractivity contribution is -0.00344. The topological polar surface area (TPSA) is 56.4 Å². The van der Waals surface area contributed by atoms with Crippen LogP contribution in [0.5, 0.6) is 0 Å². The van der Waals surface area contributed by atoms with Crippen molar-refractivity contribution in [2.45, 2.75) is 30.8 Å². The summed E-state index contributed by atoms with van der Waals surface area (Å²) < 4.78 is 27.8. The number of amides is 1. The van der Waals surface area contributed by atoms with E-state index in [0.717, 1.165) is 32.0 Å². The number of benzene rings is 1. The normalized spacial score (nSPS) is 31.1. The minimum Gasteiger partial charge on any atom is -0.333 e. The quantitative estimate of drug-likeness (QED) is 0.864. The average Bonchev–Trinajstić information content (AvgIpc) is 3.11. The summed E-state index contributed by atoms with van der Waals surface area (Å²) in [6.45, 7) is 2.34. The maximum atomic E-state index is 13.9. The van der Waals surface area contributed by atoms with Gasteiger partial charge in [-0.2, -0.15) is 0 Å². The Kier molecular flexibility index (Phi) is 4.08. The first-order valence-electron chi connectivity index (χ1n) is 9.71. The number of carbonyl (C=O) groups is 1. The molecule has 1 N–H and O–H groups in total. The zero-order valence-electron chi connectivity index (χ0n) is 15.3. The zero-order chi connectivity index (χ0) is 19.4. The van der Waals surface area contributed by atoms with Crippen molar-refractivity contribution in [3.05, 3.63) is 69.6 Å². The standard InChI is InChI=1S/C21H21F2N3O2/c22-15-7-14(8-16(23)9-15)17-11-26(21(28)13-1-2-18(27)24-10-13)19-12-3-5-25(6-4-12)20(17)19/h1-2,7-10,12,17,19-20H,3-6,11H2,(H,24,27)/t17-,19-,20-/m1/s1. The van der Waals surface area contributed by atoms with Gasteiger partial charge in [-0.1, -0.05) is 0 Å². The molecule has 2 bridgehead atoms. The molecule has 5 heterocycles. The van der Waals surface area contributed by atoms with Crippen LogP contribution in [0.25, 0.3) is 0 Å². The lowest BCUT2D eigenvalue weighted by atomic mass is 9.75. The van der Waals surface area contributed by atoms with Gasteiger partial charge in [0, 0.05) is 36.8 Å². The second-order valence-electron chi connectivity index (χ2n) is 8.06. The Bertz CT molecular complexity index is 943. The summed E-state index contributed by atoms with van der Waals surface area (Å²) in [6.07, 6.45) is 3.50. The number of nitrogens with zero attached hydrogens (tertiary/aromatic N) is 2. The largest absolute Gasteiger partial charge is 0.333 e. The molecule has 0 radical (unpaired) electrons. The highest BCUT2D eigenvalue weighted by Crippen LogP contribution is 2.47. The Morgan fingerprint density at radius 2 is 1.75 bits per heavy atom. The van der Waals surface area contributed by atoms with Crippen molar-refractivity contribution < 1.29 is 13.6 Å². The molecule has 1 aromatic carbocycles. The molecule has 2 aromatic rings. The van der Waals surface area contributed by atoms with Crippen LogP contribution in [0.2, 0.25) is 0 Å². The molecule has 4 fully saturated rings. The third kappa shape index (κ3) is 2.76. The number of H-pyrrole nitrogens is 1. The molecule has 5 nitrogen and oxygen atoms in total. The average molecular weight is 385 g/mol. The molecule has 4 aliphatic rings. The number of pyridine rings is 1. The maximum absolute atomic E-state index is 13.9. The summed E-state index contributed by atoms with van der Waals surface area (Å²) in [5.41, 5.74) is 0.782. The minimum absolute atomic E-state index is 0.0262. The first kappa shape index (κ1) is 17.6. The predicted octanol–water partition coefficient (Wildman–Crippen LogP) is 2.36. The number of piperidine rings is 3. The van der Waals surface area contributed by atoms with Gasteiger partial charge in [-0.15, -0.1) is 0 Å². The number of carbonyl (C=O) groups excluding carboxylic acids is 1. The molecule has 0 unspecified atom stereocenters. The fourth-order valence-corrected chi connectivity index (χ4v) is 5.45. The number of likely N-dealkylation sites (tertiary alicyclic amines) is 1. The number of rotatable bonds is 2. The summed E-state index contributed by atoms with van der Waals surface area (Å²) in [4.78, 5) is 31.4. The van der Waals surface area contributed by atoms with Gasteiger partial charge >= 0.3 is 0 Å². The van der Waals surface area contributed by atoms with Crippen LogP contribution >= 0.6 is 0 Å². The number of aromatic amines is 1. The highest BCUT2D eigenvalue weighted by atomic mass is 19.1. The van der Waals surface area contributed by atoms with E-state index in [9.17, 15) is 18.4 Å². The number of nitrogens with one attached hydrogen (secondary N) is 1. The molecule has 4 saturated heterocycles. The van der Waals surface area contributed by atoms with Gasteiger partial charge in [0.15, 0.2) is 0 Å². The SMILES string of the molecule is O=C(c1ccc(=O)[nH]c1)N1C[C@H](c2cc(F)cc(F)c2)[C@@H]2[C@H]1C1CCN2CC1. The van der Waals surface area contributed by atoms with E-state index in [0.29, 0.717) is 23.6 Å². The second kappa shape index (κ2) is 6.51. The van der Waals surface area contributed by atoms with Gasteiger partial charge in [-0.25, -0.2) is 8.78 Å². The van der Waals surface area contributed by atoms with Gasteiger partial charge in [0.25, 0.3) is 5.91 Å². The van der Waals surface area contributed by atoms with Crippen LogP contribution in [0.15, 0.2) is 41.3 Å². The molecular weight excluding hydrogens is 364 g/mol. The predicted molar refractivity (Wildman–Crippen MR) is 99.1 cm³/mol. The van der Waals surface area contributed by atoms with E-state index < -0.39 is 11.6 Å². The van der Waals surface area contributed by atoms with E-state index in [-0.39, 0.29) is 29.5 Å². The van der Waals surface area contributed by atoms with Crippen molar-refractivity contribution in [3.63, 3.8) is 0 Å². The summed E-state index contributed by atoms with van der Waals surface area (Å²) in [5.74, 6) is -1.06. The van der Waals surface area contributed by atoms with Crippen LogP contribution in [0, 0.1) is 17.6 Å². The molecule has 0 saturated carbocycles. The van der Waals surface area contributed by atoms with Gasteiger partial charge in [0.05, 0.1) is 11.6 Å². The second-order valence-corrected chi connectivity index (χ2v) is 8.06. The smallest absolute Gasteiger partial charge is 0.255 e. The van der Waals surface area contributed by atoms with Crippen LogP contribution in [-0.2, 0) is 0 Å². The Morgan fingerprint density at radius 3 is 2.39 bits per heavy atom. The van der Waals surface area contributed by atoms with Crippen LogP contribution < -0.4 is 5.56 Å². The van der Waals surface area contributed by atoms with Crippen molar-refractivity contribution >= 4 is 5.91 Å². The van der Waals surface area contributed by atoms with Crippen LogP contribution in [0.3, 0.4) is 0 Å². The minimum atomic E-state index is -0.590. The number of aromatic nitrogens is 1. The number of fused-ring (bicyclic) bond motifs is 2. The number of hydrogen-bond donors (Lipinski definition) is 1. The molecule has 6 rings (SSSR count). The molecule has 4 aliphatic heterocycles. The fraction of sp³-hybridized carbons (Fsp3) is 0.429. The molecule has 28 heavy (non-hydrogen) atoms. The third-order valence-electron chi connectivity index (χ3n) is 6.60. The monoisotopic (exact) mass is 385 g/mol. The maximum Gasteiger partial charge on any atom is 0.255 e. The molecule has 146 valence electrons. The lowest BCUT2D eigenvalue weighted by Crippen LogP contribution is -2.60. The summed E-state index contributed by atoms with van der Waals surface area (Å²) in [7, 11) is 0. The number of halogens is 2. The van der Waals surface area contributed by atoms with E-state index in [1.54, 1.807) is 0 Å². The molecule has 0 spiro atoms. The zero-order valence-corrected chi connectivity index (χ0v) is 15.3. The first-order valence-corrected chi connectivity index (χ1v) is 9.71. The molecule has 0 aliphatic carbocycles. The van der Waals surface area contributed by atoms with Crippen LogP contribution in [-0.4, -0.2) is 52.4 Å². The lowest BCUT2D eigenvalue weighted by Gasteiger charge is -2.51. The summed E-state index contributed by atoms with van der Waals surface area (Å²) in [5, 5.41) is 0. The molecule has 1 amide bonds. The van der Waals surface area contributed by atoms with Crippen molar-refractivity contribution in [1.82, 2.24) is 14.8 Å².